The summed E-state index contributed by atoms with van der Waals surface area (Å²) in [7, 11) is 1.55. The number of allylic oxidation sites excluding steroid dienone is 1. The lowest BCUT2D eigenvalue weighted by atomic mass is 10.1. The van der Waals surface area contributed by atoms with Crippen molar-refractivity contribution in [3.63, 3.8) is 0 Å². The Morgan fingerprint density at radius 3 is 2.70 bits per heavy atom. The van der Waals surface area contributed by atoms with E-state index in [1.807, 2.05) is 0 Å². The number of ketones is 1. The molecule has 0 spiro atoms. The van der Waals surface area contributed by atoms with Crippen molar-refractivity contribution in [1.82, 2.24) is 0 Å². The summed E-state index contributed by atoms with van der Waals surface area (Å²) in [6.07, 6.45) is 3.07. The Hall–Kier alpha value is -2.42. The number of rotatable bonds is 4. The van der Waals surface area contributed by atoms with Crippen LogP contribution in [0.3, 0.4) is 0 Å². The standard InChI is InChI=1S/C17H15FO2/c1-12-13(5-4-8-16(12)18)9-10-17(19)14-6-3-7-15(11-14)20-2/h3-11H,1-2H3/b10-9+. The quantitative estimate of drug-likeness (QED) is 0.619. The molecule has 0 unspecified atom stereocenters. The monoisotopic (exact) mass is 270 g/mol. The number of methoxy groups -OCH3 is 1. The van der Waals surface area contributed by atoms with Crippen LogP contribution in [0.1, 0.15) is 21.5 Å². The number of ether oxygens (including phenoxy) is 1. The van der Waals surface area contributed by atoms with Crippen LogP contribution in [0, 0.1) is 12.7 Å². The lowest BCUT2D eigenvalue weighted by Gasteiger charge is -2.02. The average molecular weight is 270 g/mol. The van der Waals surface area contributed by atoms with Gasteiger partial charge in [-0.3, -0.25) is 4.79 Å². The van der Waals surface area contributed by atoms with Crippen molar-refractivity contribution in [1.29, 1.82) is 0 Å². The molecule has 0 aromatic heterocycles. The molecule has 0 aliphatic carbocycles. The van der Waals surface area contributed by atoms with Crippen LogP contribution in [0.25, 0.3) is 6.08 Å². The highest BCUT2D eigenvalue weighted by molar-refractivity contribution is 6.07. The zero-order valence-corrected chi connectivity index (χ0v) is 11.4. The fraction of sp³-hybridized carbons (Fsp3) is 0.118. The minimum atomic E-state index is -0.277. The molecule has 2 nitrogen and oxygen atoms in total. The van der Waals surface area contributed by atoms with E-state index in [0.29, 0.717) is 22.4 Å². The molecule has 0 atom stereocenters. The van der Waals surface area contributed by atoms with E-state index in [4.69, 9.17) is 4.74 Å². The third-order valence-corrected chi connectivity index (χ3v) is 3.08. The molecule has 20 heavy (non-hydrogen) atoms. The fourth-order valence-electron chi connectivity index (χ4n) is 1.84. The molecular formula is C17H15FO2. The van der Waals surface area contributed by atoms with Crippen molar-refractivity contribution in [3.8, 4) is 5.75 Å². The number of benzene rings is 2. The Kier molecular flexibility index (Phi) is 4.31. The van der Waals surface area contributed by atoms with Gasteiger partial charge in [0.2, 0.25) is 0 Å². The van der Waals surface area contributed by atoms with Crippen LogP contribution in [-0.2, 0) is 0 Å². The van der Waals surface area contributed by atoms with Crippen molar-refractivity contribution >= 4 is 11.9 Å². The summed E-state index contributed by atoms with van der Waals surface area (Å²) >= 11 is 0. The first-order valence-corrected chi connectivity index (χ1v) is 6.23. The molecule has 0 aliphatic rings. The topological polar surface area (TPSA) is 26.3 Å². The van der Waals surface area contributed by atoms with Gasteiger partial charge in [-0.05, 0) is 42.3 Å². The maximum Gasteiger partial charge on any atom is 0.185 e. The molecule has 0 bridgehead atoms. The maximum atomic E-state index is 13.4. The smallest absolute Gasteiger partial charge is 0.185 e. The van der Waals surface area contributed by atoms with Crippen molar-refractivity contribution in [2.24, 2.45) is 0 Å². The first-order valence-electron chi connectivity index (χ1n) is 6.23. The van der Waals surface area contributed by atoms with E-state index in [0.717, 1.165) is 0 Å². The molecule has 0 fully saturated rings. The molecule has 0 saturated carbocycles. The average Bonchev–Trinajstić information content (AvgIpc) is 2.48. The Morgan fingerprint density at radius 2 is 1.95 bits per heavy atom. The second-order valence-corrected chi connectivity index (χ2v) is 4.38. The number of carbonyl (C=O) groups is 1. The summed E-state index contributed by atoms with van der Waals surface area (Å²) in [4.78, 5) is 12.0. The molecule has 3 heteroatoms. The first-order chi connectivity index (χ1) is 9.61. The molecule has 2 rings (SSSR count). The normalized spacial score (nSPS) is 10.8. The summed E-state index contributed by atoms with van der Waals surface area (Å²) < 4.78 is 18.5. The number of halogens is 1. The molecular weight excluding hydrogens is 255 g/mol. The molecule has 102 valence electrons. The Morgan fingerprint density at radius 1 is 1.20 bits per heavy atom. The van der Waals surface area contributed by atoms with Gasteiger partial charge < -0.3 is 4.74 Å². The molecule has 0 radical (unpaired) electrons. The van der Waals surface area contributed by atoms with Crippen molar-refractivity contribution in [3.05, 3.63) is 71.0 Å². The maximum absolute atomic E-state index is 13.4. The predicted octanol–water partition coefficient (Wildman–Crippen LogP) is 4.04. The lowest BCUT2D eigenvalue weighted by Crippen LogP contribution is -1.95. The summed E-state index contributed by atoms with van der Waals surface area (Å²) in [6.45, 7) is 1.69. The van der Waals surface area contributed by atoms with E-state index < -0.39 is 0 Å². The largest absolute Gasteiger partial charge is 0.497 e. The van der Waals surface area contributed by atoms with E-state index in [1.165, 1.54) is 12.1 Å². The Bertz CT molecular complexity index is 660. The van der Waals surface area contributed by atoms with Crippen LogP contribution < -0.4 is 4.74 Å². The Labute approximate surface area is 117 Å². The van der Waals surface area contributed by atoms with Crippen LogP contribution in [-0.4, -0.2) is 12.9 Å². The summed E-state index contributed by atoms with van der Waals surface area (Å²) in [5, 5.41) is 0. The van der Waals surface area contributed by atoms with Crippen LogP contribution in [0.5, 0.6) is 5.75 Å². The van der Waals surface area contributed by atoms with Gasteiger partial charge in [-0.1, -0.05) is 30.3 Å². The van der Waals surface area contributed by atoms with E-state index in [-0.39, 0.29) is 11.6 Å². The fourth-order valence-corrected chi connectivity index (χ4v) is 1.84. The SMILES string of the molecule is COc1cccc(C(=O)/C=C/c2cccc(F)c2C)c1. The second kappa shape index (κ2) is 6.15. The van der Waals surface area contributed by atoms with Crippen LogP contribution >= 0.6 is 0 Å². The molecule has 0 heterocycles. The summed E-state index contributed by atoms with van der Waals surface area (Å²) in [5.41, 5.74) is 1.76. The van der Waals surface area contributed by atoms with Gasteiger partial charge in [0.1, 0.15) is 11.6 Å². The van der Waals surface area contributed by atoms with Gasteiger partial charge >= 0.3 is 0 Å². The van der Waals surface area contributed by atoms with Gasteiger partial charge in [0.05, 0.1) is 7.11 Å². The van der Waals surface area contributed by atoms with Crippen molar-refractivity contribution in [2.45, 2.75) is 6.92 Å². The Balaban J connectivity index is 2.22. The minimum Gasteiger partial charge on any atom is -0.497 e. The zero-order chi connectivity index (χ0) is 14.5. The lowest BCUT2D eigenvalue weighted by molar-refractivity contribution is 0.104. The van der Waals surface area contributed by atoms with E-state index in [9.17, 15) is 9.18 Å². The second-order valence-electron chi connectivity index (χ2n) is 4.38. The third kappa shape index (κ3) is 3.12. The number of carbonyl (C=O) groups excluding carboxylic acids is 1. The van der Waals surface area contributed by atoms with Crippen LogP contribution in [0.2, 0.25) is 0 Å². The van der Waals surface area contributed by atoms with Gasteiger partial charge in [-0.25, -0.2) is 4.39 Å². The van der Waals surface area contributed by atoms with Gasteiger partial charge in [0, 0.05) is 5.56 Å². The molecule has 0 saturated heterocycles. The van der Waals surface area contributed by atoms with E-state index in [1.54, 1.807) is 56.5 Å². The molecule has 0 N–H and O–H groups in total. The summed E-state index contributed by atoms with van der Waals surface area (Å²) in [6, 6.07) is 11.7. The number of hydrogen-bond acceptors (Lipinski definition) is 2. The van der Waals surface area contributed by atoms with Gasteiger partial charge in [0.25, 0.3) is 0 Å². The molecule has 0 aliphatic heterocycles. The van der Waals surface area contributed by atoms with Crippen molar-refractivity contribution in [2.75, 3.05) is 7.11 Å². The van der Waals surface area contributed by atoms with Crippen molar-refractivity contribution < 1.29 is 13.9 Å². The molecule has 2 aromatic carbocycles. The first kappa shape index (κ1) is 14.0. The highest BCUT2D eigenvalue weighted by atomic mass is 19.1. The highest BCUT2D eigenvalue weighted by Crippen LogP contribution is 2.16. The predicted molar refractivity (Wildman–Crippen MR) is 77.5 cm³/mol. The van der Waals surface area contributed by atoms with Gasteiger partial charge in [-0.15, -0.1) is 0 Å². The number of hydrogen-bond donors (Lipinski definition) is 0. The highest BCUT2D eigenvalue weighted by Gasteiger charge is 2.04. The van der Waals surface area contributed by atoms with Gasteiger partial charge in [0.15, 0.2) is 5.78 Å². The third-order valence-electron chi connectivity index (χ3n) is 3.08. The minimum absolute atomic E-state index is 0.146. The van der Waals surface area contributed by atoms with E-state index in [2.05, 4.69) is 0 Å². The van der Waals surface area contributed by atoms with Crippen LogP contribution in [0.4, 0.5) is 4.39 Å². The summed E-state index contributed by atoms with van der Waals surface area (Å²) in [5.74, 6) is 0.208. The zero-order valence-electron chi connectivity index (χ0n) is 11.4. The van der Waals surface area contributed by atoms with E-state index >= 15 is 0 Å². The van der Waals surface area contributed by atoms with Crippen LogP contribution in [0.15, 0.2) is 48.5 Å². The molecule has 2 aromatic rings. The van der Waals surface area contributed by atoms with Gasteiger partial charge in [-0.2, -0.15) is 0 Å². The molecule has 0 amide bonds.